The van der Waals surface area contributed by atoms with E-state index in [1.54, 1.807) is 7.11 Å². The highest BCUT2D eigenvalue weighted by Gasteiger charge is 2.54. The van der Waals surface area contributed by atoms with E-state index in [0.29, 0.717) is 29.3 Å². The number of carbonyl (C=O) groups is 1. The molecule has 1 aromatic rings. The number of rotatable bonds is 1. The smallest absolute Gasteiger partial charge is 0.160 e. The fraction of sp³-hybridized carbons (Fsp3) is 0.632. The Kier molecular flexibility index (Phi) is 3.04. The molecular weight excluding hydrogens is 276 g/mol. The van der Waals surface area contributed by atoms with Crippen molar-refractivity contribution in [3.05, 3.63) is 23.3 Å². The van der Waals surface area contributed by atoms with Gasteiger partial charge in [0.2, 0.25) is 0 Å². The molecule has 4 unspecified atom stereocenters. The van der Waals surface area contributed by atoms with Gasteiger partial charge in [-0.05, 0) is 73.1 Å². The topological polar surface area (TPSA) is 46.5 Å². The summed E-state index contributed by atoms with van der Waals surface area (Å²) in [6.45, 7) is 2.20. The highest BCUT2D eigenvalue weighted by Crippen LogP contribution is 2.60. The maximum absolute atomic E-state index is 12.3. The summed E-state index contributed by atoms with van der Waals surface area (Å²) in [6, 6.07) is 3.93. The van der Waals surface area contributed by atoms with Crippen molar-refractivity contribution in [1.82, 2.24) is 0 Å². The van der Waals surface area contributed by atoms with Crippen molar-refractivity contribution < 1.29 is 14.6 Å². The van der Waals surface area contributed by atoms with Gasteiger partial charge in [0, 0.05) is 11.8 Å². The number of hydrogen-bond acceptors (Lipinski definition) is 3. The van der Waals surface area contributed by atoms with Crippen LogP contribution < -0.4 is 4.74 Å². The molecule has 4 rings (SSSR count). The lowest BCUT2D eigenvalue weighted by molar-refractivity contribution is -0.129. The molecule has 4 atom stereocenters. The number of carbonyl (C=O) groups excluding carboxylic acids is 1. The SMILES string of the molecule is COc1cc2c(cc1O)C1CCC3(C)C(=O)CCC3C1CC2. The Bertz CT molecular complexity index is 636. The Balaban J connectivity index is 1.73. The van der Waals surface area contributed by atoms with Gasteiger partial charge in [0.1, 0.15) is 5.78 Å². The zero-order valence-corrected chi connectivity index (χ0v) is 13.4. The van der Waals surface area contributed by atoms with Crippen molar-refractivity contribution in [1.29, 1.82) is 0 Å². The van der Waals surface area contributed by atoms with Crippen LogP contribution in [-0.2, 0) is 11.2 Å². The van der Waals surface area contributed by atoms with Gasteiger partial charge in [0.15, 0.2) is 11.5 Å². The number of phenolic OH excluding ortho intramolecular Hbond substituents is 1. The summed E-state index contributed by atoms with van der Waals surface area (Å²) in [7, 11) is 1.60. The molecule has 0 radical (unpaired) electrons. The summed E-state index contributed by atoms with van der Waals surface area (Å²) in [5.41, 5.74) is 2.55. The molecule has 0 aliphatic heterocycles. The largest absolute Gasteiger partial charge is 0.504 e. The van der Waals surface area contributed by atoms with Crippen molar-refractivity contribution in [2.75, 3.05) is 7.11 Å². The van der Waals surface area contributed by atoms with E-state index < -0.39 is 0 Å². The van der Waals surface area contributed by atoms with Crippen molar-refractivity contribution in [3.63, 3.8) is 0 Å². The molecule has 0 aromatic heterocycles. The zero-order chi connectivity index (χ0) is 15.5. The molecule has 3 aliphatic rings. The Morgan fingerprint density at radius 2 is 2.05 bits per heavy atom. The van der Waals surface area contributed by atoms with E-state index >= 15 is 0 Å². The van der Waals surface area contributed by atoms with Crippen molar-refractivity contribution in [3.8, 4) is 11.5 Å². The molecule has 0 bridgehead atoms. The van der Waals surface area contributed by atoms with Gasteiger partial charge in [-0.25, -0.2) is 0 Å². The van der Waals surface area contributed by atoms with Gasteiger partial charge in [-0.2, -0.15) is 0 Å². The van der Waals surface area contributed by atoms with Crippen LogP contribution in [0.15, 0.2) is 12.1 Å². The van der Waals surface area contributed by atoms with E-state index in [1.165, 1.54) is 17.5 Å². The Morgan fingerprint density at radius 3 is 2.82 bits per heavy atom. The fourth-order valence-electron chi connectivity index (χ4n) is 5.52. The van der Waals surface area contributed by atoms with Crippen molar-refractivity contribution in [2.45, 2.75) is 51.4 Å². The van der Waals surface area contributed by atoms with Gasteiger partial charge < -0.3 is 9.84 Å². The van der Waals surface area contributed by atoms with E-state index in [4.69, 9.17) is 4.74 Å². The first-order valence-electron chi connectivity index (χ1n) is 8.47. The van der Waals surface area contributed by atoms with Crippen LogP contribution in [0, 0.1) is 17.3 Å². The molecular formula is C19H24O3. The molecule has 2 saturated carbocycles. The third kappa shape index (κ3) is 1.77. The van der Waals surface area contributed by atoms with Gasteiger partial charge in [0.05, 0.1) is 7.11 Å². The van der Waals surface area contributed by atoms with Gasteiger partial charge >= 0.3 is 0 Å². The maximum atomic E-state index is 12.3. The van der Waals surface area contributed by atoms with E-state index in [9.17, 15) is 9.90 Å². The lowest BCUT2D eigenvalue weighted by Crippen LogP contribution is -2.42. The molecule has 3 nitrogen and oxygen atoms in total. The summed E-state index contributed by atoms with van der Waals surface area (Å²) >= 11 is 0. The number of aromatic hydroxyl groups is 1. The van der Waals surface area contributed by atoms with Crippen LogP contribution >= 0.6 is 0 Å². The predicted octanol–water partition coefficient (Wildman–Crippen LogP) is 3.83. The average Bonchev–Trinajstić information content (AvgIpc) is 2.82. The van der Waals surface area contributed by atoms with E-state index in [0.717, 1.165) is 32.1 Å². The van der Waals surface area contributed by atoms with Gasteiger partial charge in [0.25, 0.3) is 0 Å². The monoisotopic (exact) mass is 300 g/mol. The summed E-state index contributed by atoms with van der Waals surface area (Å²) in [6.07, 6.45) is 6.11. The number of Topliss-reactive ketones (excluding diaryl/α,β-unsaturated/α-hetero) is 1. The molecule has 2 fully saturated rings. The first-order chi connectivity index (χ1) is 10.5. The molecule has 0 spiro atoms. The molecule has 0 amide bonds. The van der Waals surface area contributed by atoms with Crippen LogP contribution in [0.25, 0.3) is 0 Å². The number of aryl methyl sites for hydroxylation is 1. The van der Waals surface area contributed by atoms with Gasteiger partial charge in [-0.1, -0.05) is 6.92 Å². The minimum absolute atomic E-state index is 0.0762. The number of ether oxygens (including phenoxy) is 1. The second-order valence-electron chi connectivity index (χ2n) is 7.56. The Hall–Kier alpha value is -1.51. The fourth-order valence-corrected chi connectivity index (χ4v) is 5.52. The molecule has 1 N–H and O–H groups in total. The normalized spacial score (nSPS) is 36.5. The van der Waals surface area contributed by atoms with E-state index in [1.807, 2.05) is 12.1 Å². The standard InChI is InChI=1S/C19H24O3/c1-19-8-7-12-13(15(19)5-6-18(19)21)4-3-11-9-17(22-2)16(20)10-14(11)12/h9-10,12-13,15,20H,3-8H2,1-2H3. The maximum Gasteiger partial charge on any atom is 0.160 e. The number of phenols is 1. The highest BCUT2D eigenvalue weighted by atomic mass is 16.5. The predicted molar refractivity (Wildman–Crippen MR) is 84.3 cm³/mol. The summed E-state index contributed by atoms with van der Waals surface area (Å²) in [5, 5.41) is 10.2. The molecule has 118 valence electrons. The van der Waals surface area contributed by atoms with Crippen LogP contribution in [0.2, 0.25) is 0 Å². The molecule has 0 heterocycles. The van der Waals surface area contributed by atoms with Crippen LogP contribution in [0.1, 0.15) is 56.1 Å². The molecule has 3 aliphatic carbocycles. The van der Waals surface area contributed by atoms with E-state index in [-0.39, 0.29) is 11.2 Å². The number of methoxy groups -OCH3 is 1. The molecule has 0 saturated heterocycles. The number of benzene rings is 1. The minimum atomic E-state index is -0.0762. The first kappa shape index (κ1) is 14.1. The minimum Gasteiger partial charge on any atom is -0.504 e. The third-order valence-corrected chi connectivity index (χ3v) is 6.73. The van der Waals surface area contributed by atoms with Crippen LogP contribution in [-0.4, -0.2) is 18.0 Å². The second kappa shape index (κ2) is 4.74. The van der Waals surface area contributed by atoms with Crippen molar-refractivity contribution in [2.24, 2.45) is 17.3 Å². The van der Waals surface area contributed by atoms with Gasteiger partial charge in [-0.3, -0.25) is 4.79 Å². The lowest BCUT2D eigenvalue weighted by Gasteiger charge is -2.48. The summed E-state index contributed by atoms with van der Waals surface area (Å²) < 4.78 is 5.25. The van der Waals surface area contributed by atoms with Crippen LogP contribution in [0.3, 0.4) is 0 Å². The van der Waals surface area contributed by atoms with Crippen molar-refractivity contribution >= 4 is 5.78 Å². The zero-order valence-electron chi connectivity index (χ0n) is 13.4. The first-order valence-corrected chi connectivity index (χ1v) is 8.47. The molecule has 1 aromatic carbocycles. The van der Waals surface area contributed by atoms with Crippen LogP contribution in [0.5, 0.6) is 11.5 Å². The summed E-state index contributed by atoms with van der Waals surface area (Å²) in [5.74, 6) is 2.96. The number of fused-ring (bicyclic) bond motifs is 5. The third-order valence-electron chi connectivity index (χ3n) is 6.73. The lowest BCUT2D eigenvalue weighted by atomic mass is 9.55. The highest BCUT2D eigenvalue weighted by molar-refractivity contribution is 5.87. The number of ketones is 1. The molecule has 3 heteroatoms. The number of hydrogen-bond donors (Lipinski definition) is 1. The second-order valence-corrected chi connectivity index (χ2v) is 7.56. The van der Waals surface area contributed by atoms with Crippen LogP contribution in [0.4, 0.5) is 0 Å². The Labute approximate surface area is 131 Å². The Morgan fingerprint density at radius 1 is 1.23 bits per heavy atom. The van der Waals surface area contributed by atoms with Gasteiger partial charge in [-0.15, -0.1) is 0 Å². The summed E-state index contributed by atoms with van der Waals surface area (Å²) in [4.78, 5) is 12.3. The van der Waals surface area contributed by atoms with E-state index in [2.05, 4.69) is 6.92 Å². The average molecular weight is 300 g/mol. The molecule has 22 heavy (non-hydrogen) atoms. The quantitative estimate of drug-likeness (QED) is 0.857.